The second kappa shape index (κ2) is 8.25. The van der Waals surface area contributed by atoms with Gasteiger partial charge in [-0.2, -0.15) is 0 Å². The molecule has 1 aromatic rings. The standard InChI is InChI=1S/C16H24BrClN2O/c1-11(8-13-6-4-3-5-7-19-13)20-15-10-12(18)9-14(17)16(15)21-2/h9-11,13,19-20H,3-8H2,1-2H3. The largest absolute Gasteiger partial charge is 0.493 e. The van der Waals surface area contributed by atoms with E-state index in [1.807, 2.05) is 12.1 Å². The Labute approximate surface area is 140 Å². The summed E-state index contributed by atoms with van der Waals surface area (Å²) in [6.07, 6.45) is 6.35. The Bertz CT molecular complexity index is 462. The van der Waals surface area contributed by atoms with Crippen molar-refractivity contribution < 1.29 is 4.74 Å². The molecule has 2 rings (SSSR count). The molecule has 0 aromatic heterocycles. The number of anilines is 1. The fourth-order valence-electron chi connectivity index (χ4n) is 2.93. The molecule has 1 aliphatic rings. The number of hydrogen-bond acceptors (Lipinski definition) is 3. The maximum Gasteiger partial charge on any atom is 0.156 e. The van der Waals surface area contributed by atoms with Crippen LogP contribution in [-0.2, 0) is 0 Å². The van der Waals surface area contributed by atoms with Crippen molar-refractivity contribution in [3.63, 3.8) is 0 Å². The minimum atomic E-state index is 0.361. The number of rotatable bonds is 5. The van der Waals surface area contributed by atoms with Gasteiger partial charge in [-0.05, 0) is 60.8 Å². The van der Waals surface area contributed by atoms with Gasteiger partial charge in [0.25, 0.3) is 0 Å². The molecule has 2 N–H and O–H groups in total. The van der Waals surface area contributed by atoms with Crippen LogP contribution in [0.15, 0.2) is 16.6 Å². The van der Waals surface area contributed by atoms with Crippen molar-refractivity contribution >= 4 is 33.2 Å². The van der Waals surface area contributed by atoms with E-state index in [4.69, 9.17) is 16.3 Å². The lowest BCUT2D eigenvalue weighted by Gasteiger charge is -2.23. The van der Waals surface area contributed by atoms with Gasteiger partial charge < -0.3 is 15.4 Å². The first-order chi connectivity index (χ1) is 10.1. The molecule has 2 atom stereocenters. The van der Waals surface area contributed by atoms with Gasteiger partial charge in [-0.15, -0.1) is 0 Å². The van der Waals surface area contributed by atoms with Crippen LogP contribution in [0.25, 0.3) is 0 Å². The van der Waals surface area contributed by atoms with Gasteiger partial charge in [0.05, 0.1) is 17.3 Å². The Balaban J connectivity index is 2.00. The predicted molar refractivity (Wildman–Crippen MR) is 93.7 cm³/mol. The SMILES string of the molecule is COc1c(Br)cc(Cl)cc1NC(C)CC1CCCCCN1. The number of halogens is 2. The maximum atomic E-state index is 6.14. The lowest BCUT2D eigenvalue weighted by Crippen LogP contribution is -2.33. The van der Waals surface area contributed by atoms with E-state index in [-0.39, 0.29) is 0 Å². The highest BCUT2D eigenvalue weighted by atomic mass is 79.9. The molecule has 1 aromatic carbocycles. The summed E-state index contributed by atoms with van der Waals surface area (Å²) in [6.45, 7) is 3.35. The molecule has 0 radical (unpaired) electrons. The maximum absolute atomic E-state index is 6.14. The highest BCUT2D eigenvalue weighted by Gasteiger charge is 2.17. The second-order valence-corrected chi connectivity index (χ2v) is 7.04. The summed E-state index contributed by atoms with van der Waals surface area (Å²) in [7, 11) is 1.68. The zero-order chi connectivity index (χ0) is 15.2. The van der Waals surface area contributed by atoms with E-state index in [0.717, 1.165) is 28.9 Å². The van der Waals surface area contributed by atoms with Crippen molar-refractivity contribution in [2.45, 2.75) is 51.1 Å². The average Bonchev–Trinajstić information content (AvgIpc) is 2.66. The minimum Gasteiger partial charge on any atom is -0.493 e. The quantitative estimate of drug-likeness (QED) is 0.773. The van der Waals surface area contributed by atoms with Crippen molar-refractivity contribution in [3.05, 3.63) is 21.6 Å². The lowest BCUT2D eigenvalue weighted by atomic mass is 10.0. The van der Waals surface area contributed by atoms with E-state index in [9.17, 15) is 0 Å². The van der Waals surface area contributed by atoms with Gasteiger partial charge in [0.15, 0.2) is 5.75 Å². The van der Waals surface area contributed by atoms with Gasteiger partial charge in [0.2, 0.25) is 0 Å². The molecule has 0 saturated carbocycles. The molecular weight excluding hydrogens is 352 g/mol. The van der Waals surface area contributed by atoms with Crippen molar-refractivity contribution in [3.8, 4) is 5.75 Å². The summed E-state index contributed by atoms with van der Waals surface area (Å²) in [4.78, 5) is 0. The molecule has 3 nitrogen and oxygen atoms in total. The first kappa shape index (κ1) is 16.9. The molecule has 1 heterocycles. The predicted octanol–water partition coefficient (Wildman–Crippen LogP) is 4.83. The van der Waals surface area contributed by atoms with Gasteiger partial charge in [-0.25, -0.2) is 0 Å². The summed E-state index contributed by atoms with van der Waals surface area (Å²) in [6, 6.07) is 4.73. The molecule has 1 saturated heterocycles. The molecule has 5 heteroatoms. The lowest BCUT2D eigenvalue weighted by molar-refractivity contribution is 0.412. The molecule has 2 unspecified atom stereocenters. The molecule has 118 valence electrons. The molecule has 0 bridgehead atoms. The summed E-state index contributed by atoms with van der Waals surface area (Å²) in [5.74, 6) is 0.806. The van der Waals surface area contributed by atoms with Gasteiger partial charge in [-0.3, -0.25) is 0 Å². The molecular formula is C16H24BrClN2O. The average molecular weight is 376 g/mol. The fourth-order valence-corrected chi connectivity index (χ4v) is 3.90. The molecule has 0 aliphatic carbocycles. The fraction of sp³-hybridized carbons (Fsp3) is 0.625. The van der Waals surface area contributed by atoms with Gasteiger partial charge >= 0.3 is 0 Å². The van der Waals surface area contributed by atoms with Crippen LogP contribution >= 0.6 is 27.5 Å². The van der Waals surface area contributed by atoms with E-state index < -0.39 is 0 Å². The third-order valence-corrected chi connectivity index (χ3v) is 4.72. The highest BCUT2D eigenvalue weighted by Crippen LogP contribution is 2.36. The Kier molecular flexibility index (Phi) is 6.65. The van der Waals surface area contributed by atoms with Crippen LogP contribution < -0.4 is 15.4 Å². The van der Waals surface area contributed by atoms with Crippen LogP contribution in [0, 0.1) is 0 Å². The van der Waals surface area contributed by atoms with Gasteiger partial charge in [-0.1, -0.05) is 24.4 Å². The highest BCUT2D eigenvalue weighted by molar-refractivity contribution is 9.10. The summed E-state index contributed by atoms with van der Waals surface area (Å²) in [5.41, 5.74) is 0.943. The van der Waals surface area contributed by atoms with Crippen molar-refractivity contribution in [2.75, 3.05) is 19.0 Å². The minimum absolute atomic E-state index is 0.361. The van der Waals surface area contributed by atoms with Crippen LogP contribution in [0.2, 0.25) is 5.02 Å². The molecule has 1 fully saturated rings. The Morgan fingerprint density at radius 3 is 3.00 bits per heavy atom. The number of benzene rings is 1. The topological polar surface area (TPSA) is 33.3 Å². The van der Waals surface area contributed by atoms with E-state index in [0.29, 0.717) is 17.1 Å². The summed E-state index contributed by atoms with van der Waals surface area (Å²) < 4.78 is 6.33. The van der Waals surface area contributed by atoms with Crippen molar-refractivity contribution in [1.82, 2.24) is 5.32 Å². The smallest absolute Gasteiger partial charge is 0.156 e. The second-order valence-electron chi connectivity index (χ2n) is 5.75. The van der Waals surface area contributed by atoms with Crippen molar-refractivity contribution in [1.29, 1.82) is 0 Å². The van der Waals surface area contributed by atoms with Crippen LogP contribution in [0.3, 0.4) is 0 Å². The van der Waals surface area contributed by atoms with Crippen LogP contribution in [0.4, 0.5) is 5.69 Å². The van der Waals surface area contributed by atoms with Crippen LogP contribution in [0.1, 0.15) is 39.0 Å². The molecule has 0 amide bonds. The normalized spacial score (nSPS) is 20.7. The summed E-state index contributed by atoms with van der Waals surface area (Å²) >= 11 is 9.63. The van der Waals surface area contributed by atoms with Gasteiger partial charge in [0, 0.05) is 17.1 Å². The zero-order valence-corrected chi connectivity index (χ0v) is 15.1. The molecule has 21 heavy (non-hydrogen) atoms. The molecule has 0 spiro atoms. The van der Waals surface area contributed by atoms with E-state index in [1.165, 1.54) is 25.7 Å². The number of hydrogen-bond donors (Lipinski definition) is 2. The Hall–Kier alpha value is -0.450. The molecule has 1 aliphatic heterocycles. The summed E-state index contributed by atoms with van der Waals surface area (Å²) in [5, 5.41) is 7.87. The van der Waals surface area contributed by atoms with E-state index in [2.05, 4.69) is 33.5 Å². The number of methoxy groups -OCH3 is 1. The van der Waals surface area contributed by atoms with Crippen LogP contribution in [0.5, 0.6) is 5.75 Å². The third kappa shape index (κ3) is 5.04. The van der Waals surface area contributed by atoms with Crippen molar-refractivity contribution in [2.24, 2.45) is 0 Å². The van der Waals surface area contributed by atoms with E-state index in [1.54, 1.807) is 7.11 Å². The first-order valence-corrected chi connectivity index (χ1v) is 8.80. The first-order valence-electron chi connectivity index (χ1n) is 7.63. The number of nitrogens with one attached hydrogen (secondary N) is 2. The third-order valence-electron chi connectivity index (χ3n) is 3.91. The van der Waals surface area contributed by atoms with Crippen LogP contribution in [-0.4, -0.2) is 25.7 Å². The number of ether oxygens (including phenoxy) is 1. The van der Waals surface area contributed by atoms with E-state index >= 15 is 0 Å². The Morgan fingerprint density at radius 1 is 1.43 bits per heavy atom. The Morgan fingerprint density at radius 2 is 2.24 bits per heavy atom. The zero-order valence-electron chi connectivity index (χ0n) is 12.7. The van der Waals surface area contributed by atoms with Gasteiger partial charge in [0.1, 0.15) is 0 Å². The monoisotopic (exact) mass is 374 g/mol.